The van der Waals surface area contributed by atoms with Crippen LogP contribution in [0.4, 0.5) is 10.3 Å². The summed E-state index contributed by atoms with van der Waals surface area (Å²) in [6.07, 6.45) is 7.02. The first-order chi connectivity index (χ1) is 13.2. The summed E-state index contributed by atoms with van der Waals surface area (Å²) >= 11 is 0. The van der Waals surface area contributed by atoms with Gasteiger partial charge in [0.25, 0.3) is 0 Å². The van der Waals surface area contributed by atoms with Gasteiger partial charge in [0.2, 0.25) is 5.95 Å². The van der Waals surface area contributed by atoms with Gasteiger partial charge in [-0.25, -0.2) is 8.91 Å². The lowest BCUT2D eigenvalue weighted by Crippen LogP contribution is -2.24. The van der Waals surface area contributed by atoms with Gasteiger partial charge in [0.05, 0.1) is 6.54 Å². The summed E-state index contributed by atoms with van der Waals surface area (Å²) in [6.45, 7) is 2.78. The number of aryl methyl sites for hydroxylation is 1. The number of pyridine rings is 1. The highest BCUT2D eigenvalue weighted by atomic mass is 19.1. The number of nitrogens with zero attached hydrogens (tertiary/aromatic N) is 4. The minimum atomic E-state index is -0.228. The van der Waals surface area contributed by atoms with Gasteiger partial charge in [-0.3, -0.25) is 4.99 Å². The minimum Gasteiger partial charge on any atom is -0.350 e. The standard InChI is InChI=1S/C21H20FN5/c1-13-9-16(22)5-7-18(13)19-3-2-8-27-20(19)25-21(26-27)24-17-6-4-14-11-23-12-15(14)10-17/h2-3,5,7-9,12,17H,4,6,10-11H2,1H3,(H,24,26). The molecule has 1 unspecified atom stereocenters. The van der Waals surface area contributed by atoms with Crippen LogP contribution in [0.25, 0.3) is 16.8 Å². The number of fused-ring (bicyclic) bond motifs is 1. The van der Waals surface area contributed by atoms with E-state index in [9.17, 15) is 4.39 Å². The van der Waals surface area contributed by atoms with E-state index in [-0.39, 0.29) is 5.82 Å². The van der Waals surface area contributed by atoms with Crippen molar-refractivity contribution in [1.82, 2.24) is 14.6 Å². The van der Waals surface area contributed by atoms with E-state index in [0.717, 1.165) is 48.1 Å². The molecular formula is C21H20FN5. The van der Waals surface area contributed by atoms with Crippen LogP contribution < -0.4 is 5.32 Å². The molecule has 5 rings (SSSR count). The number of halogens is 1. The molecule has 1 aromatic carbocycles. The molecule has 0 amide bonds. The Morgan fingerprint density at radius 2 is 2.15 bits per heavy atom. The maximum Gasteiger partial charge on any atom is 0.243 e. The van der Waals surface area contributed by atoms with Gasteiger partial charge in [0, 0.05) is 24.0 Å². The first-order valence-corrected chi connectivity index (χ1v) is 9.26. The summed E-state index contributed by atoms with van der Waals surface area (Å²) in [5, 5.41) is 8.08. The van der Waals surface area contributed by atoms with Crippen LogP contribution in [-0.4, -0.2) is 33.4 Å². The summed E-state index contributed by atoms with van der Waals surface area (Å²) in [6, 6.07) is 9.09. The highest BCUT2D eigenvalue weighted by Gasteiger charge is 2.23. The zero-order chi connectivity index (χ0) is 18.4. The molecule has 3 heterocycles. The van der Waals surface area contributed by atoms with E-state index in [0.29, 0.717) is 12.0 Å². The van der Waals surface area contributed by atoms with Gasteiger partial charge in [0.1, 0.15) is 5.82 Å². The lowest BCUT2D eigenvalue weighted by Gasteiger charge is -2.23. The monoisotopic (exact) mass is 361 g/mol. The molecule has 1 aliphatic heterocycles. The van der Waals surface area contributed by atoms with Gasteiger partial charge in [-0.2, -0.15) is 4.98 Å². The number of hydrogen-bond donors (Lipinski definition) is 1. The highest BCUT2D eigenvalue weighted by molar-refractivity contribution is 5.83. The largest absolute Gasteiger partial charge is 0.350 e. The van der Waals surface area contributed by atoms with Crippen molar-refractivity contribution in [3.63, 3.8) is 0 Å². The Hall–Kier alpha value is -3.02. The molecule has 5 nitrogen and oxygen atoms in total. The number of hydrogen-bond acceptors (Lipinski definition) is 4. The van der Waals surface area contributed by atoms with E-state index in [4.69, 9.17) is 4.98 Å². The zero-order valence-corrected chi connectivity index (χ0v) is 15.1. The first kappa shape index (κ1) is 16.2. The van der Waals surface area contributed by atoms with Gasteiger partial charge in [0.15, 0.2) is 5.65 Å². The van der Waals surface area contributed by atoms with Crippen LogP contribution in [-0.2, 0) is 0 Å². The molecule has 0 bridgehead atoms. The van der Waals surface area contributed by atoms with Crippen LogP contribution in [0.2, 0.25) is 0 Å². The number of nitrogens with one attached hydrogen (secondary N) is 1. The first-order valence-electron chi connectivity index (χ1n) is 9.26. The maximum atomic E-state index is 13.5. The summed E-state index contributed by atoms with van der Waals surface area (Å²) in [5.74, 6) is 0.402. The third kappa shape index (κ3) is 2.91. The molecule has 0 saturated carbocycles. The Labute approximate surface area is 156 Å². The summed E-state index contributed by atoms with van der Waals surface area (Å²) < 4.78 is 15.3. The topological polar surface area (TPSA) is 54.6 Å². The molecule has 1 aliphatic carbocycles. The normalized spacial score (nSPS) is 19.0. The molecule has 27 heavy (non-hydrogen) atoms. The van der Waals surface area contributed by atoms with Crippen LogP contribution in [0.15, 0.2) is 52.7 Å². The van der Waals surface area contributed by atoms with E-state index in [1.807, 2.05) is 31.5 Å². The van der Waals surface area contributed by atoms with Crippen LogP contribution in [0.5, 0.6) is 0 Å². The number of anilines is 1. The number of benzene rings is 1. The molecule has 1 N–H and O–H groups in total. The molecule has 2 aromatic heterocycles. The van der Waals surface area contributed by atoms with E-state index in [1.165, 1.54) is 17.2 Å². The molecule has 2 aliphatic rings. The Balaban J connectivity index is 1.46. The fraction of sp³-hybridized carbons (Fsp3) is 0.286. The second kappa shape index (κ2) is 6.30. The predicted octanol–water partition coefficient (Wildman–Crippen LogP) is 4.19. The van der Waals surface area contributed by atoms with Crippen molar-refractivity contribution in [2.75, 3.05) is 11.9 Å². The highest BCUT2D eigenvalue weighted by Crippen LogP contribution is 2.30. The summed E-state index contributed by atoms with van der Waals surface area (Å²) in [7, 11) is 0. The van der Waals surface area contributed by atoms with Gasteiger partial charge >= 0.3 is 0 Å². The van der Waals surface area contributed by atoms with E-state index in [2.05, 4.69) is 15.4 Å². The van der Waals surface area contributed by atoms with Crippen molar-refractivity contribution in [2.45, 2.75) is 32.2 Å². The Kier molecular flexibility index (Phi) is 3.77. The Morgan fingerprint density at radius 1 is 1.22 bits per heavy atom. The van der Waals surface area contributed by atoms with Gasteiger partial charge in [-0.15, -0.1) is 5.10 Å². The Bertz CT molecular complexity index is 1100. The van der Waals surface area contributed by atoms with E-state index < -0.39 is 0 Å². The van der Waals surface area contributed by atoms with Crippen molar-refractivity contribution in [3.05, 3.63) is 59.1 Å². The van der Waals surface area contributed by atoms with E-state index >= 15 is 0 Å². The van der Waals surface area contributed by atoms with Crippen LogP contribution in [0.3, 0.4) is 0 Å². The fourth-order valence-corrected chi connectivity index (χ4v) is 4.02. The number of aliphatic imine (C=N–C) groups is 1. The molecule has 0 spiro atoms. The zero-order valence-electron chi connectivity index (χ0n) is 15.1. The SMILES string of the molecule is Cc1cc(F)ccc1-c1cccn2nc(NC3CCC4=C(C=NC4)C3)nc12. The molecule has 3 aromatic rings. The molecule has 0 radical (unpaired) electrons. The van der Waals surface area contributed by atoms with Gasteiger partial charge in [-0.05, 0) is 72.7 Å². The molecule has 6 heteroatoms. The second-order valence-corrected chi connectivity index (χ2v) is 7.27. The van der Waals surface area contributed by atoms with Crippen molar-refractivity contribution in [3.8, 4) is 11.1 Å². The van der Waals surface area contributed by atoms with Crippen LogP contribution in [0, 0.1) is 12.7 Å². The third-order valence-electron chi connectivity index (χ3n) is 5.42. The number of aromatic nitrogens is 3. The quantitative estimate of drug-likeness (QED) is 0.761. The van der Waals surface area contributed by atoms with Gasteiger partial charge in [-0.1, -0.05) is 6.07 Å². The molecule has 136 valence electrons. The maximum absolute atomic E-state index is 13.5. The minimum absolute atomic E-state index is 0.228. The van der Waals surface area contributed by atoms with Gasteiger partial charge < -0.3 is 5.32 Å². The lowest BCUT2D eigenvalue weighted by molar-refractivity contribution is 0.611. The fourth-order valence-electron chi connectivity index (χ4n) is 4.02. The van der Waals surface area contributed by atoms with Crippen LogP contribution >= 0.6 is 0 Å². The average Bonchev–Trinajstić information content (AvgIpc) is 3.27. The van der Waals surface area contributed by atoms with Crippen molar-refractivity contribution >= 4 is 17.8 Å². The average molecular weight is 361 g/mol. The summed E-state index contributed by atoms with van der Waals surface area (Å²) in [5.41, 5.74) is 6.42. The molecule has 1 atom stereocenters. The molecule has 0 saturated heterocycles. The van der Waals surface area contributed by atoms with E-state index in [1.54, 1.807) is 16.6 Å². The summed E-state index contributed by atoms with van der Waals surface area (Å²) in [4.78, 5) is 9.10. The lowest BCUT2D eigenvalue weighted by atomic mass is 9.90. The van der Waals surface area contributed by atoms with Crippen molar-refractivity contribution in [1.29, 1.82) is 0 Å². The van der Waals surface area contributed by atoms with Crippen LogP contribution in [0.1, 0.15) is 24.8 Å². The predicted molar refractivity (Wildman–Crippen MR) is 105 cm³/mol. The van der Waals surface area contributed by atoms with Crippen molar-refractivity contribution < 1.29 is 4.39 Å². The third-order valence-corrected chi connectivity index (χ3v) is 5.42. The smallest absolute Gasteiger partial charge is 0.243 e. The molecule has 0 fully saturated rings. The molecular weight excluding hydrogens is 341 g/mol. The van der Waals surface area contributed by atoms with Crippen molar-refractivity contribution in [2.24, 2.45) is 4.99 Å². The Morgan fingerprint density at radius 3 is 3.04 bits per heavy atom. The second-order valence-electron chi connectivity index (χ2n) is 7.27. The number of rotatable bonds is 3.